The van der Waals surface area contributed by atoms with Crippen LogP contribution in [0.15, 0.2) is 18.2 Å². The molecule has 5 N–H and O–H groups in total. The van der Waals surface area contributed by atoms with E-state index in [1.54, 1.807) is 6.07 Å². The maximum absolute atomic E-state index is 11.7. The van der Waals surface area contributed by atoms with Crippen molar-refractivity contribution in [1.29, 1.82) is 0 Å². The maximum Gasteiger partial charge on any atom is 0.320 e. The lowest BCUT2D eigenvalue weighted by atomic mass is 10.1. The van der Waals surface area contributed by atoms with Gasteiger partial charge in [0.15, 0.2) is 0 Å². The van der Waals surface area contributed by atoms with Gasteiger partial charge in [0.05, 0.1) is 5.56 Å². The summed E-state index contributed by atoms with van der Waals surface area (Å²) in [5, 5.41) is 0.659. The number of primary amides is 2. The Labute approximate surface area is 116 Å². The Morgan fingerprint density at radius 1 is 1.15 bits per heavy atom. The van der Waals surface area contributed by atoms with Crippen LogP contribution in [-0.2, 0) is 0 Å². The molecule has 20 heavy (non-hydrogen) atoms. The number of amides is 3. The van der Waals surface area contributed by atoms with Gasteiger partial charge in [0, 0.05) is 37.7 Å². The summed E-state index contributed by atoms with van der Waals surface area (Å²) >= 11 is 0. The second-order valence-corrected chi connectivity index (χ2v) is 4.73. The molecule has 0 saturated heterocycles. The highest BCUT2D eigenvalue weighted by atomic mass is 16.2. The van der Waals surface area contributed by atoms with Crippen molar-refractivity contribution in [2.45, 2.75) is 0 Å². The molecule has 1 aromatic carbocycles. The van der Waals surface area contributed by atoms with E-state index in [0.717, 1.165) is 10.6 Å². The Hall–Kier alpha value is -2.70. The molecule has 0 atom stereocenters. The zero-order valence-corrected chi connectivity index (χ0v) is 11.6. The normalized spacial score (nSPS) is 10.6. The van der Waals surface area contributed by atoms with E-state index in [2.05, 4.69) is 4.98 Å². The van der Waals surface area contributed by atoms with Crippen LogP contribution in [0.5, 0.6) is 0 Å². The van der Waals surface area contributed by atoms with E-state index >= 15 is 0 Å². The molecule has 0 bridgehead atoms. The second kappa shape index (κ2) is 4.76. The van der Waals surface area contributed by atoms with Crippen molar-refractivity contribution in [2.75, 3.05) is 30.9 Å². The van der Waals surface area contributed by atoms with Crippen molar-refractivity contribution < 1.29 is 9.59 Å². The van der Waals surface area contributed by atoms with Crippen LogP contribution in [0.2, 0.25) is 0 Å². The monoisotopic (exact) mass is 275 g/mol. The van der Waals surface area contributed by atoms with Crippen molar-refractivity contribution >= 4 is 34.3 Å². The SMILES string of the molecule is CN(C)c1ccc2c(C(N)=O)c(N(C)C(N)=O)[nH]c2c1. The highest BCUT2D eigenvalue weighted by Crippen LogP contribution is 2.30. The molecule has 0 aliphatic rings. The zero-order valence-electron chi connectivity index (χ0n) is 11.6. The van der Waals surface area contributed by atoms with Crippen LogP contribution >= 0.6 is 0 Å². The molecule has 3 amide bonds. The van der Waals surface area contributed by atoms with E-state index in [4.69, 9.17) is 11.5 Å². The van der Waals surface area contributed by atoms with Gasteiger partial charge in [-0.25, -0.2) is 4.79 Å². The van der Waals surface area contributed by atoms with Crippen molar-refractivity contribution in [3.05, 3.63) is 23.8 Å². The highest BCUT2D eigenvalue weighted by molar-refractivity contribution is 6.13. The number of nitrogens with zero attached hydrogens (tertiary/aromatic N) is 2. The summed E-state index contributed by atoms with van der Waals surface area (Å²) in [5.41, 5.74) is 12.6. The van der Waals surface area contributed by atoms with Gasteiger partial charge in [-0.15, -0.1) is 0 Å². The van der Waals surface area contributed by atoms with Crippen LogP contribution in [0.3, 0.4) is 0 Å². The Balaban J connectivity index is 2.72. The van der Waals surface area contributed by atoms with Gasteiger partial charge < -0.3 is 21.4 Å². The summed E-state index contributed by atoms with van der Waals surface area (Å²) in [4.78, 5) is 29.1. The van der Waals surface area contributed by atoms with E-state index < -0.39 is 11.9 Å². The molecule has 0 radical (unpaired) electrons. The molecule has 7 heteroatoms. The smallest absolute Gasteiger partial charge is 0.320 e. The van der Waals surface area contributed by atoms with Crippen LogP contribution in [0, 0.1) is 0 Å². The minimum absolute atomic E-state index is 0.256. The largest absolute Gasteiger partial charge is 0.378 e. The second-order valence-electron chi connectivity index (χ2n) is 4.73. The minimum atomic E-state index is -0.674. The van der Waals surface area contributed by atoms with E-state index in [0.29, 0.717) is 16.7 Å². The third-order valence-electron chi connectivity index (χ3n) is 3.19. The Morgan fingerprint density at radius 3 is 2.30 bits per heavy atom. The lowest BCUT2D eigenvalue weighted by molar-refractivity contribution is 0.100. The first-order valence-corrected chi connectivity index (χ1v) is 5.99. The number of H-pyrrole nitrogens is 1. The van der Waals surface area contributed by atoms with Gasteiger partial charge in [-0.1, -0.05) is 0 Å². The van der Waals surface area contributed by atoms with E-state index in [9.17, 15) is 9.59 Å². The van der Waals surface area contributed by atoms with Gasteiger partial charge in [-0.3, -0.25) is 9.69 Å². The number of carbonyl (C=O) groups is 2. The molecule has 0 fully saturated rings. The van der Waals surface area contributed by atoms with Crippen LogP contribution in [0.25, 0.3) is 10.9 Å². The summed E-state index contributed by atoms with van der Waals surface area (Å²) in [7, 11) is 5.30. The average molecular weight is 275 g/mol. The first-order chi connectivity index (χ1) is 9.32. The van der Waals surface area contributed by atoms with Crippen molar-refractivity contribution in [1.82, 2.24) is 4.98 Å². The zero-order chi connectivity index (χ0) is 15.0. The number of nitrogens with two attached hydrogens (primary N) is 2. The number of hydrogen-bond acceptors (Lipinski definition) is 3. The fraction of sp³-hybridized carbons (Fsp3) is 0.231. The number of anilines is 2. The number of rotatable bonds is 3. The number of aromatic amines is 1. The molecular weight excluding hydrogens is 258 g/mol. The lowest BCUT2D eigenvalue weighted by Gasteiger charge is -2.13. The summed E-state index contributed by atoms with van der Waals surface area (Å²) < 4.78 is 0. The number of urea groups is 1. The lowest BCUT2D eigenvalue weighted by Crippen LogP contribution is -2.33. The standard InChI is InChI=1S/C13H17N5O2/c1-17(2)7-4-5-8-9(6-7)16-12(10(8)11(14)19)18(3)13(15)20/h4-6,16H,1-3H3,(H2,14,19)(H2,15,20). The number of benzene rings is 1. The molecule has 106 valence electrons. The summed E-state index contributed by atoms with van der Waals surface area (Å²) in [5.74, 6) is -0.312. The quantitative estimate of drug-likeness (QED) is 0.772. The molecule has 1 aromatic heterocycles. The Bertz CT molecular complexity index is 689. The predicted octanol–water partition coefficient (Wildman–Crippen LogP) is 0.848. The van der Waals surface area contributed by atoms with Gasteiger partial charge in [0.25, 0.3) is 5.91 Å². The molecule has 0 unspecified atom stereocenters. The summed E-state index contributed by atoms with van der Waals surface area (Å²) in [6.45, 7) is 0. The number of aromatic nitrogens is 1. The molecule has 2 rings (SSSR count). The minimum Gasteiger partial charge on any atom is -0.378 e. The number of carbonyl (C=O) groups excluding carboxylic acids is 2. The number of hydrogen-bond donors (Lipinski definition) is 3. The molecule has 1 heterocycles. The number of nitrogens with one attached hydrogen (secondary N) is 1. The maximum atomic E-state index is 11.7. The third kappa shape index (κ3) is 2.13. The molecule has 0 spiro atoms. The average Bonchev–Trinajstić information content (AvgIpc) is 2.75. The van der Waals surface area contributed by atoms with Crippen LogP contribution in [0.4, 0.5) is 16.3 Å². The molecule has 0 saturated carbocycles. The predicted molar refractivity (Wildman–Crippen MR) is 79.1 cm³/mol. The molecule has 2 aromatic rings. The van der Waals surface area contributed by atoms with E-state index in [1.165, 1.54) is 7.05 Å². The van der Waals surface area contributed by atoms with Gasteiger partial charge >= 0.3 is 6.03 Å². The van der Waals surface area contributed by atoms with Gasteiger partial charge in [-0.2, -0.15) is 0 Å². The highest BCUT2D eigenvalue weighted by Gasteiger charge is 2.21. The molecule has 0 aliphatic carbocycles. The first-order valence-electron chi connectivity index (χ1n) is 5.99. The molecular formula is C13H17N5O2. The molecule has 7 nitrogen and oxygen atoms in total. The topological polar surface area (TPSA) is 108 Å². The van der Waals surface area contributed by atoms with Crippen molar-refractivity contribution in [3.8, 4) is 0 Å². The van der Waals surface area contributed by atoms with Crippen molar-refractivity contribution in [3.63, 3.8) is 0 Å². The van der Waals surface area contributed by atoms with E-state index in [1.807, 2.05) is 31.1 Å². The van der Waals surface area contributed by atoms with Crippen LogP contribution in [-0.4, -0.2) is 38.1 Å². The molecule has 0 aliphatic heterocycles. The fourth-order valence-electron chi connectivity index (χ4n) is 2.06. The van der Waals surface area contributed by atoms with Crippen molar-refractivity contribution in [2.24, 2.45) is 11.5 Å². The first kappa shape index (κ1) is 13.7. The Morgan fingerprint density at radius 2 is 1.80 bits per heavy atom. The number of fused-ring (bicyclic) bond motifs is 1. The van der Waals surface area contributed by atoms with Gasteiger partial charge in [0.2, 0.25) is 0 Å². The van der Waals surface area contributed by atoms with E-state index in [-0.39, 0.29) is 5.56 Å². The summed E-state index contributed by atoms with van der Waals surface area (Å²) in [6.07, 6.45) is 0. The third-order valence-corrected chi connectivity index (χ3v) is 3.19. The van der Waals surface area contributed by atoms with Gasteiger partial charge in [0.1, 0.15) is 5.82 Å². The van der Waals surface area contributed by atoms with Crippen LogP contribution < -0.4 is 21.3 Å². The Kier molecular flexibility index (Phi) is 3.27. The van der Waals surface area contributed by atoms with Crippen LogP contribution in [0.1, 0.15) is 10.4 Å². The fourth-order valence-corrected chi connectivity index (χ4v) is 2.06. The summed E-state index contributed by atoms with van der Waals surface area (Å²) in [6, 6.07) is 4.86. The van der Waals surface area contributed by atoms with Gasteiger partial charge in [-0.05, 0) is 18.2 Å².